The van der Waals surface area contributed by atoms with Crippen LogP contribution in [0.25, 0.3) is 0 Å². The van der Waals surface area contributed by atoms with Crippen LogP contribution >= 0.6 is 23.4 Å². The molecule has 96 valence electrons. The molecule has 0 aliphatic heterocycles. The summed E-state index contributed by atoms with van der Waals surface area (Å²) < 4.78 is 26.2. The first-order chi connectivity index (χ1) is 8.09. The van der Waals surface area contributed by atoms with Crippen LogP contribution in [0.4, 0.5) is 5.69 Å². The fraction of sp³-hybridized carbons (Fsp3) is 0.455. The van der Waals surface area contributed by atoms with Crippen LogP contribution in [0, 0.1) is 0 Å². The van der Waals surface area contributed by atoms with Crippen molar-refractivity contribution in [1.29, 1.82) is 0 Å². The van der Waals surface area contributed by atoms with Crippen molar-refractivity contribution in [2.75, 3.05) is 22.6 Å². The lowest BCUT2D eigenvalue weighted by Gasteiger charge is -2.10. The molecule has 0 aliphatic carbocycles. The highest BCUT2D eigenvalue weighted by atomic mass is 35.5. The summed E-state index contributed by atoms with van der Waals surface area (Å²) in [5, 5.41) is 0. The first-order valence-electron chi connectivity index (χ1n) is 5.28. The summed E-state index contributed by atoms with van der Waals surface area (Å²) in [6, 6.07) is 7.36. The van der Waals surface area contributed by atoms with Gasteiger partial charge in [-0.1, -0.05) is 12.1 Å². The Balaban J connectivity index is 2.69. The highest BCUT2D eigenvalue weighted by Gasteiger charge is 2.11. The minimum Gasteiger partial charge on any atom is -0.282 e. The summed E-state index contributed by atoms with van der Waals surface area (Å²) in [5.41, 5.74) is 0.644. The summed E-state index contributed by atoms with van der Waals surface area (Å²) in [6.07, 6.45) is 3.22. The van der Waals surface area contributed by atoms with Gasteiger partial charge in [0, 0.05) is 10.8 Å². The molecule has 0 spiro atoms. The van der Waals surface area contributed by atoms with Crippen LogP contribution in [-0.2, 0) is 10.0 Å². The summed E-state index contributed by atoms with van der Waals surface area (Å²) in [7, 11) is -3.26. The van der Waals surface area contributed by atoms with E-state index >= 15 is 0 Å². The van der Waals surface area contributed by atoms with Gasteiger partial charge >= 0.3 is 0 Å². The Bertz CT molecular complexity index is 449. The van der Waals surface area contributed by atoms with E-state index in [-0.39, 0.29) is 5.75 Å². The summed E-state index contributed by atoms with van der Waals surface area (Å²) in [4.78, 5) is 0.924. The molecule has 6 heteroatoms. The number of benzene rings is 1. The molecule has 17 heavy (non-hydrogen) atoms. The van der Waals surface area contributed by atoms with Crippen LogP contribution in [0.5, 0.6) is 0 Å². The first kappa shape index (κ1) is 14.7. The van der Waals surface area contributed by atoms with Crippen LogP contribution in [-0.4, -0.2) is 26.3 Å². The summed E-state index contributed by atoms with van der Waals surface area (Å²) in [5.74, 6) is 0.610. The molecule has 0 fully saturated rings. The number of sulfonamides is 1. The lowest BCUT2D eigenvalue weighted by atomic mass is 10.3. The second-order valence-electron chi connectivity index (χ2n) is 3.52. The van der Waals surface area contributed by atoms with Crippen molar-refractivity contribution in [2.45, 2.75) is 17.7 Å². The summed E-state index contributed by atoms with van der Waals surface area (Å²) in [6.45, 7) is 0. The topological polar surface area (TPSA) is 46.2 Å². The molecule has 0 saturated heterocycles. The molecule has 1 aromatic carbocycles. The fourth-order valence-corrected chi connectivity index (χ4v) is 3.34. The van der Waals surface area contributed by atoms with Crippen molar-refractivity contribution in [2.24, 2.45) is 0 Å². The largest absolute Gasteiger partial charge is 0.282 e. The molecular weight excluding hydrogens is 278 g/mol. The maximum Gasteiger partial charge on any atom is 0.232 e. The van der Waals surface area contributed by atoms with Crippen LogP contribution in [0.15, 0.2) is 29.2 Å². The van der Waals surface area contributed by atoms with Gasteiger partial charge in [-0.05, 0) is 31.2 Å². The van der Waals surface area contributed by atoms with Gasteiger partial charge in [0.2, 0.25) is 10.0 Å². The minimum absolute atomic E-state index is 0.114. The third kappa shape index (κ3) is 5.19. The zero-order valence-corrected chi connectivity index (χ0v) is 12.0. The Morgan fingerprint density at radius 3 is 2.65 bits per heavy atom. The number of nitrogens with one attached hydrogen (secondary N) is 1. The molecule has 1 N–H and O–H groups in total. The Morgan fingerprint density at radius 1 is 1.29 bits per heavy atom. The standard InChI is InChI=1S/C11H16ClNO2S2/c1-16-11-7-3-2-6-10(11)13-17(14,15)9-5-4-8-12/h2-3,6-7,13H,4-5,8-9H2,1H3. The predicted octanol–water partition coefficient (Wildman–Crippen LogP) is 3.17. The molecule has 3 nitrogen and oxygen atoms in total. The van der Waals surface area contributed by atoms with Crippen molar-refractivity contribution in [3.05, 3.63) is 24.3 Å². The second-order valence-corrected chi connectivity index (χ2v) is 6.59. The van der Waals surface area contributed by atoms with Gasteiger partial charge in [-0.2, -0.15) is 0 Å². The lowest BCUT2D eigenvalue weighted by molar-refractivity contribution is 0.598. The third-order valence-electron chi connectivity index (χ3n) is 2.17. The number of halogens is 1. The number of hydrogen-bond donors (Lipinski definition) is 1. The molecular formula is C11H16ClNO2S2. The zero-order valence-electron chi connectivity index (χ0n) is 9.65. The molecule has 0 atom stereocenters. The molecule has 1 rings (SSSR count). The lowest BCUT2D eigenvalue weighted by Crippen LogP contribution is -2.17. The van der Waals surface area contributed by atoms with Crippen LogP contribution in [0.1, 0.15) is 12.8 Å². The monoisotopic (exact) mass is 293 g/mol. The smallest absolute Gasteiger partial charge is 0.232 e. The van der Waals surface area contributed by atoms with E-state index in [1.807, 2.05) is 24.5 Å². The van der Waals surface area contributed by atoms with E-state index in [9.17, 15) is 8.42 Å². The maximum atomic E-state index is 11.8. The molecule has 0 unspecified atom stereocenters. The van der Waals surface area contributed by atoms with E-state index in [0.29, 0.717) is 24.4 Å². The van der Waals surface area contributed by atoms with Crippen molar-refractivity contribution < 1.29 is 8.42 Å². The predicted molar refractivity (Wildman–Crippen MR) is 75.6 cm³/mol. The fourth-order valence-electron chi connectivity index (χ4n) is 1.33. The average molecular weight is 294 g/mol. The number of para-hydroxylation sites is 1. The van der Waals surface area contributed by atoms with E-state index in [1.165, 1.54) is 11.8 Å². The number of unbranched alkanes of at least 4 members (excludes halogenated alkanes) is 1. The number of thioether (sulfide) groups is 1. The van der Waals surface area contributed by atoms with Crippen molar-refractivity contribution in [3.8, 4) is 0 Å². The molecule has 0 amide bonds. The van der Waals surface area contributed by atoms with Gasteiger partial charge in [-0.3, -0.25) is 4.72 Å². The molecule has 1 aromatic rings. The highest BCUT2D eigenvalue weighted by molar-refractivity contribution is 7.99. The quantitative estimate of drug-likeness (QED) is 0.477. The highest BCUT2D eigenvalue weighted by Crippen LogP contribution is 2.25. The molecule has 0 bridgehead atoms. The van der Waals surface area contributed by atoms with Gasteiger partial charge in [0.05, 0.1) is 11.4 Å². The van der Waals surface area contributed by atoms with Gasteiger partial charge < -0.3 is 0 Å². The molecule has 0 aromatic heterocycles. The van der Waals surface area contributed by atoms with E-state index in [0.717, 1.165) is 4.90 Å². The average Bonchev–Trinajstić information content (AvgIpc) is 2.29. The number of anilines is 1. The molecule has 0 saturated carbocycles. The summed E-state index contributed by atoms with van der Waals surface area (Å²) >= 11 is 7.04. The molecule has 0 heterocycles. The zero-order chi connectivity index (χ0) is 12.7. The van der Waals surface area contributed by atoms with E-state index < -0.39 is 10.0 Å². The van der Waals surface area contributed by atoms with E-state index in [4.69, 9.17) is 11.6 Å². The third-order valence-corrected chi connectivity index (χ3v) is 4.59. The van der Waals surface area contributed by atoms with Crippen molar-refractivity contribution in [3.63, 3.8) is 0 Å². The Hall–Kier alpha value is -0.390. The van der Waals surface area contributed by atoms with Gasteiger partial charge in [0.25, 0.3) is 0 Å². The van der Waals surface area contributed by atoms with Crippen molar-refractivity contribution >= 4 is 39.1 Å². The van der Waals surface area contributed by atoms with Gasteiger partial charge in [0.1, 0.15) is 0 Å². The van der Waals surface area contributed by atoms with E-state index in [2.05, 4.69) is 4.72 Å². The Kier molecular flexibility index (Phi) is 6.16. The van der Waals surface area contributed by atoms with Crippen LogP contribution < -0.4 is 4.72 Å². The van der Waals surface area contributed by atoms with Gasteiger partial charge in [0.15, 0.2) is 0 Å². The first-order valence-corrected chi connectivity index (χ1v) is 8.69. The second kappa shape index (κ2) is 7.13. The van der Waals surface area contributed by atoms with Crippen LogP contribution in [0.3, 0.4) is 0 Å². The van der Waals surface area contributed by atoms with E-state index in [1.54, 1.807) is 6.07 Å². The van der Waals surface area contributed by atoms with Gasteiger partial charge in [-0.25, -0.2) is 8.42 Å². The molecule has 0 radical (unpaired) electrons. The SMILES string of the molecule is CSc1ccccc1NS(=O)(=O)CCCCCl. The normalized spacial score (nSPS) is 11.4. The Morgan fingerprint density at radius 2 is 2.00 bits per heavy atom. The molecule has 0 aliphatic rings. The van der Waals surface area contributed by atoms with Crippen LogP contribution in [0.2, 0.25) is 0 Å². The number of rotatable bonds is 7. The van der Waals surface area contributed by atoms with Crippen molar-refractivity contribution in [1.82, 2.24) is 0 Å². The van der Waals surface area contributed by atoms with Gasteiger partial charge in [-0.15, -0.1) is 23.4 Å². The Labute approximate surface area is 112 Å². The number of hydrogen-bond acceptors (Lipinski definition) is 3. The minimum atomic E-state index is -3.26. The number of alkyl halides is 1. The maximum absolute atomic E-state index is 11.8.